The van der Waals surface area contributed by atoms with E-state index in [1.807, 2.05) is 0 Å². The molecule has 2 aromatic carbocycles. The minimum absolute atomic E-state index is 0.0676. The van der Waals surface area contributed by atoms with Crippen LogP contribution in [0.25, 0.3) is 11.1 Å². The first-order valence-corrected chi connectivity index (χ1v) is 13.5. The summed E-state index contributed by atoms with van der Waals surface area (Å²) in [6, 6.07) is 5.11. The van der Waals surface area contributed by atoms with Crippen molar-refractivity contribution in [1.82, 2.24) is 4.90 Å². The molecule has 0 saturated carbocycles. The maximum absolute atomic E-state index is 14.1. The number of ether oxygens (including phenoxy) is 1. The summed E-state index contributed by atoms with van der Waals surface area (Å²) >= 11 is 0. The Bertz CT molecular complexity index is 1660. The normalized spacial score (nSPS) is 25.1. The van der Waals surface area contributed by atoms with E-state index in [1.54, 1.807) is 39.2 Å². The summed E-state index contributed by atoms with van der Waals surface area (Å²) in [5.41, 5.74) is 2.38. The number of halogens is 3. The fourth-order valence-electron chi connectivity index (χ4n) is 6.75. The van der Waals surface area contributed by atoms with Gasteiger partial charge in [-0.05, 0) is 62.2 Å². The van der Waals surface area contributed by atoms with Crippen molar-refractivity contribution in [2.45, 2.75) is 30.8 Å². The Morgan fingerprint density at radius 1 is 1.07 bits per heavy atom. The highest BCUT2D eigenvalue weighted by Crippen LogP contribution is 2.54. The quantitative estimate of drug-likeness (QED) is 0.314. The third kappa shape index (κ3) is 4.56. The molecule has 11 nitrogen and oxygen atoms in total. The van der Waals surface area contributed by atoms with Crippen molar-refractivity contribution in [2.75, 3.05) is 33.1 Å². The number of aromatic hydroxyl groups is 1. The Balaban J connectivity index is 1.69. The first-order valence-electron chi connectivity index (χ1n) is 13.5. The summed E-state index contributed by atoms with van der Waals surface area (Å²) in [4.78, 5) is 42.9. The van der Waals surface area contributed by atoms with Gasteiger partial charge in [-0.15, -0.1) is 13.2 Å². The number of phenols is 1. The molecule has 0 radical (unpaired) electrons. The highest BCUT2D eigenvalue weighted by Gasteiger charge is 2.63. The van der Waals surface area contributed by atoms with E-state index in [9.17, 15) is 48.0 Å². The zero-order valence-corrected chi connectivity index (χ0v) is 24.1. The topological polar surface area (TPSA) is 174 Å². The third-order valence-electron chi connectivity index (χ3n) is 8.58. The Hall–Kier alpha value is -4.56. The second-order valence-electron chi connectivity index (χ2n) is 11.6. The van der Waals surface area contributed by atoms with Crippen LogP contribution in [0.4, 0.5) is 18.9 Å². The predicted molar refractivity (Wildman–Crippen MR) is 150 cm³/mol. The van der Waals surface area contributed by atoms with Gasteiger partial charge in [-0.1, -0.05) is 12.1 Å². The number of aliphatic hydroxyl groups excluding tert-OH is 2. The Labute approximate surface area is 249 Å². The smallest absolute Gasteiger partial charge is 0.510 e. The molecule has 2 aromatic rings. The Morgan fingerprint density at radius 3 is 2.20 bits per heavy atom. The number of anilines is 1. The van der Waals surface area contributed by atoms with E-state index >= 15 is 0 Å². The lowest BCUT2D eigenvalue weighted by Crippen LogP contribution is -2.63. The van der Waals surface area contributed by atoms with Gasteiger partial charge in [0, 0.05) is 36.8 Å². The van der Waals surface area contributed by atoms with E-state index in [4.69, 9.17) is 5.73 Å². The van der Waals surface area contributed by atoms with E-state index in [1.165, 1.54) is 17.0 Å². The molecule has 0 heterocycles. The molecule has 0 bridgehead atoms. The Morgan fingerprint density at radius 2 is 1.68 bits per heavy atom. The fraction of sp³-hybridized carbons (Fsp3) is 0.367. The lowest BCUT2D eigenvalue weighted by Gasteiger charge is -2.50. The van der Waals surface area contributed by atoms with Crippen molar-refractivity contribution >= 4 is 23.2 Å². The number of nitrogens with zero attached hydrogens (tertiary/aromatic N) is 2. The molecule has 0 fully saturated rings. The average Bonchev–Trinajstić information content (AvgIpc) is 2.90. The number of fused-ring (bicyclic) bond motifs is 3. The second kappa shape index (κ2) is 10.3. The number of nitrogens with two attached hydrogens (primary N) is 1. The molecule has 234 valence electrons. The van der Waals surface area contributed by atoms with Crippen molar-refractivity contribution in [3.63, 3.8) is 0 Å². The van der Waals surface area contributed by atoms with Crippen LogP contribution in [0, 0.1) is 11.8 Å². The molecule has 6 N–H and O–H groups in total. The van der Waals surface area contributed by atoms with Gasteiger partial charge in [-0.3, -0.25) is 19.3 Å². The molecule has 4 atom stereocenters. The number of primary amides is 1. The number of carbonyl (C=O) groups is 3. The van der Waals surface area contributed by atoms with Crippen LogP contribution in [-0.4, -0.2) is 89.0 Å². The molecular weight excluding hydrogens is 587 g/mol. The van der Waals surface area contributed by atoms with Crippen molar-refractivity contribution in [3.05, 3.63) is 64.1 Å². The summed E-state index contributed by atoms with van der Waals surface area (Å²) < 4.78 is 41.9. The molecule has 0 unspecified atom stereocenters. The van der Waals surface area contributed by atoms with Crippen molar-refractivity contribution in [1.29, 1.82) is 0 Å². The van der Waals surface area contributed by atoms with Crippen LogP contribution >= 0.6 is 0 Å². The summed E-state index contributed by atoms with van der Waals surface area (Å²) in [7, 11) is 6.47. The minimum Gasteiger partial charge on any atom is -0.510 e. The average molecular weight is 618 g/mol. The molecule has 0 aromatic heterocycles. The lowest BCUT2D eigenvalue weighted by molar-refractivity contribution is -0.274. The maximum atomic E-state index is 14.1. The number of aliphatic hydroxyl groups is 3. The van der Waals surface area contributed by atoms with Crippen LogP contribution in [0.1, 0.15) is 22.3 Å². The van der Waals surface area contributed by atoms with Crippen LogP contribution in [-0.2, 0) is 16.0 Å². The van der Waals surface area contributed by atoms with Gasteiger partial charge in [0.25, 0.3) is 5.91 Å². The number of amides is 1. The summed E-state index contributed by atoms with van der Waals surface area (Å²) in [5, 5.41) is 45.6. The van der Waals surface area contributed by atoms with E-state index in [0.717, 1.165) is 12.1 Å². The number of benzene rings is 2. The number of allylic oxidation sites excluding steroid dienone is 1. The number of hydrogen-bond acceptors (Lipinski definition) is 10. The number of phenolic OH excluding ortho intramolecular Hbond substituents is 1. The third-order valence-corrected chi connectivity index (χ3v) is 8.58. The van der Waals surface area contributed by atoms with Gasteiger partial charge in [-0.2, -0.15) is 0 Å². The van der Waals surface area contributed by atoms with E-state index in [2.05, 4.69) is 4.74 Å². The van der Waals surface area contributed by atoms with Crippen molar-refractivity contribution in [3.8, 4) is 22.6 Å². The van der Waals surface area contributed by atoms with E-state index < -0.39 is 75.9 Å². The molecule has 0 saturated heterocycles. The standard InChI is InChI=1S/C30H30F3N3O8/c1-35(2)18-11-15(12-5-7-14(8-6-12)44-30(31,32)33)23(37)20-16(18)9-13-10-17-22(36(3)4)25(39)21(28(34)42)27(41)29(17,43)26(40)19(13)24(20)38/h5-8,11,13,17,22,37,39-40,43H,9-10H2,1-4H3,(H2,34,42)/t13-,17+,22+,29-/m1/s1. The van der Waals surface area contributed by atoms with Gasteiger partial charge >= 0.3 is 6.36 Å². The molecular formula is C30H30F3N3O8. The van der Waals surface area contributed by atoms with Crippen LogP contribution in [0.15, 0.2) is 53.0 Å². The van der Waals surface area contributed by atoms with Gasteiger partial charge in [0.15, 0.2) is 11.4 Å². The van der Waals surface area contributed by atoms with E-state index in [-0.39, 0.29) is 35.1 Å². The highest BCUT2D eigenvalue weighted by molar-refractivity contribution is 6.25. The summed E-state index contributed by atoms with van der Waals surface area (Å²) in [6.07, 6.45) is -4.90. The van der Waals surface area contributed by atoms with Crippen molar-refractivity contribution in [2.24, 2.45) is 17.6 Å². The van der Waals surface area contributed by atoms with E-state index in [0.29, 0.717) is 11.3 Å². The number of Topliss-reactive ketones (excluding diaryl/α,β-unsaturated/α-hetero) is 2. The SMILES string of the molecule is CN(C)c1cc(-c2ccc(OC(F)(F)F)cc2)c(O)c2c1C[C@@H]1C[C@H]3[C@H](N(C)C)C(O)=C(C(N)=O)C(=O)[C@]3(O)C(O)=C1C2=O. The van der Waals surface area contributed by atoms with Crippen molar-refractivity contribution < 1.29 is 52.7 Å². The highest BCUT2D eigenvalue weighted by atomic mass is 19.4. The van der Waals surface area contributed by atoms with Gasteiger partial charge in [0.2, 0.25) is 5.78 Å². The maximum Gasteiger partial charge on any atom is 0.573 e. The number of alkyl halides is 3. The zero-order valence-electron chi connectivity index (χ0n) is 24.1. The molecule has 44 heavy (non-hydrogen) atoms. The van der Waals surface area contributed by atoms with Crippen LogP contribution in [0.2, 0.25) is 0 Å². The Kier molecular flexibility index (Phi) is 7.21. The molecule has 0 aliphatic heterocycles. The minimum atomic E-state index is -4.91. The second-order valence-corrected chi connectivity index (χ2v) is 11.6. The molecule has 1 amide bonds. The van der Waals surface area contributed by atoms with Gasteiger partial charge in [-0.25, -0.2) is 0 Å². The summed E-state index contributed by atoms with van der Waals surface area (Å²) in [6.45, 7) is 0. The molecule has 3 aliphatic rings. The first kappa shape index (κ1) is 30.9. The largest absolute Gasteiger partial charge is 0.573 e. The van der Waals surface area contributed by atoms with Gasteiger partial charge < -0.3 is 35.8 Å². The zero-order chi connectivity index (χ0) is 32.6. The number of likely N-dealkylation sites (N-methyl/N-ethyl adjacent to an activating group) is 1. The monoisotopic (exact) mass is 617 g/mol. The molecule has 14 heteroatoms. The van der Waals surface area contributed by atoms with Gasteiger partial charge in [0.1, 0.15) is 28.6 Å². The number of rotatable bonds is 5. The molecule has 0 spiro atoms. The number of carbonyl (C=O) groups excluding carboxylic acids is 3. The van der Waals surface area contributed by atoms with Crippen LogP contribution < -0.4 is 15.4 Å². The fourth-order valence-corrected chi connectivity index (χ4v) is 6.75. The number of hydrogen-bond donors (Lipinski definition) is 5. The van der Waals surface area contributed by atoms with Gasteiger partial charge in [0.05, 0.1) is 11.6 Å². The molecule has 3 aliphatic carbocycles. The predicted octanol–water partition coefficient (Wildman–Crippen LogP) is 2.75. The van der Waals surface area contributed by atoms with Crippen LogP contribution in [0.5, 0.6) is 11.5 Å². The van der Waals surface area contributed by atoms with Crippen LogP contribution in [0.3, 0.4) is 0 Å². The first-order chi connectivity index (χ1) is 20.4. The lowest BCUT2D eigenvalue weighted by atomic mass is 9.58. The number of ketones is 2. The summed E-state index contributed by atoms with van der Waals surface area (Å²) in [5.74, 6) is -8.15. The molecule has 5 rings (SSSR count).